The lowest BCUT2D eigenvalue weighted by molar-refractivity contribution is -0.120. The van der Waals surface area contributed by atoms with Gasteiger partial charge in [-0.2, -0.15) is 0 Å². The summed E-state index contributed by atoms with van der Waals surface area (Å²) in [5.74, 6) is 0.0928. The molecular formula is C12H14N4OS. The van der Waals surface area contributed by atoms with Gasteiger partial charge in [0.05, 0.1) is 12.0 Å². The molecule has 6 heteroatoms. The molecule has 1 unspecified atom stereocenters. The number of hydrogen-bond donors (Lipinski definition) is 1. The van der Waals surface area contributed by atoms with E-state index in [-0.39, 0.29) is 11.8 Å². The third-order valence-electron chi connectivity index (χ3n) is 3.19. The Morgan fingerprint density at radius 2 is 2.50 bits per heavy atom. The average Bonchev–Trinajstić information content (AvgIpc) is 2.96. The summed E-state index contributed by atoms with van der Waals surface area (Å²) in [5, 5.41) is 5.52. The van der Waals surface area contributed by atoms with Gasteiger partial charge in [0, 0.05) is 36.2 Å². The lowest BCUT2D eigenvalue weighted by Gasteiger charge is -2.22. The number of anilines is 1. The minimum absolute atomic E-state index is 0.0263. The first-order valence-corrected chi connectivity index (χ1v) is 6.82. The molecule has 0 saturated heterocycles. The molecule has 1 aliphatic rings. The molecule has 1 amide bonds. The Bertz CT molecular complexity index is 574. The summed E-state index contributed by atoms with van der Waals surface area (Å²) >= 11 is 1.47. The minimum atomic E-state index is 0.0263. The molecule has 3 heterocycles. The first kappa shape index (κ1) is 11.4. The van der Waals surface area contributed by atoms with Crippen LogP contribution >= 0.6 is 11.3 Å². The van der Waals surface area contributed by atoms with Crippen molar-refractivity contribution in [2.75, 3.05) is 5.32 Å². The molecular weight excluding hydrogens is 248 g/mol. The largest absolute Gasteiger partial charge is 0.335 e. The van der Waals surface area contributed by atoms with Crippen LogP contribution in [0, 0.1) is 12.8 Å². The van der Waals surface area contributed by atoms with Gasteiger partial charge in [-0.15, -0.1) is 11.3 Å². The summed E-state index contributed by atoms with van der Waals surface area (Å²) in [4.78, 5) is 20.5. The maximum absolute atomic E-state index is 12.1. The van der Waals surface area contributed by atoms with Gasteiger partial charge < -0.3 is 9.88 Å². The van der Waals surface area contributed by atoms with Crippen LogP contribution in [0.15, 0.2) is 17.9 Å². The van der Waals surface area contributed by atoms with Crippen LogP contribution in [0.2, 0.25) is 0 Å². The van der Waals surface area contributed by atoms with E-state index in [1.54, 1.807) is 0 Å². The molecule has 1 N–H and O–H groups in total. The number of rotatable bonds is 2. The molecule has 5 nitrogen and oxygen atoms in total. The van der Waals surface area contributed by atoms with E-state index in [9.17, 15) is 4.79 Å². The minimum Gasteiger partial charge on any atom is -0.335 e. The van der Waals surface area contributed by atoms with Crippen molar-refractivity contribution in [3.63, 3.8) is 0 Å². The molecule has 0 aromatic carbocycles. The van der Waals surface area contributed by atoms with Crippen LogP contribution in [0.25, 0.3) is 0 Å². The van der Waals surface area contributed by atoms with Crippen molar-refractivity contribution in [2.24, 2.45) is 5.92 Å². The number of imidazole rings is 1. The van der Waals surface area contributed by atoms with Gasteiger partial charge in [-0.1, -0.05) is 0 Å². The van der Waals surface area contributed by atoms with E-state index in [0.717, 1.165) is 30.8 Å². The van der Waals surface area contributed by atoms with Gasteiger partial charge in [-0.05, 0) is 13.3 Å². The van der Waals surface area contributed by atoms with Crippen molar-refractivity contribution >= 4 is 22.4 Å². The van der Waals surface area contributed by atoms with Crippen LogP contribution in [0.5, 0.6) is 0 Å². The molecule has 2 aromatic heterocycles. The molecule has 94 valence electrons. The third kappa shape index (κ3) is 2.15. The van der Waals surface area contributed by atoms with Crippen LogP contribution in [0.3, 0.4) is 0 Å². The number of nitrogens with zero attached hydrogens (tertiary/aromatic N) is 3. The zero-order valence-electron chi connectivity index (χ0n) is 10.1. The number of carbonyl (C=O) groups is 1. The van der Waals surface area contributed by atoms with Gasteiger partial charge in [0.15, 0.2) is 5.13 Å². The fraction of sp³-hybridized carbons (Fsp3) is 0.417. The number of fused-ring (bicyclic) bond motifs is 1. The maximum atomic E-state index is 12.1. The third-order valence-corrected chi connectivity index (χ3v) is 4.07. The fourth-order valence-corrected chi connectivity index (χ4v) is 2.90. The molecule has 1 atom stereocenters. The lowest BCUT2D eigenvalue weighted by atomic mass is 9.95. The number of hydrogen-bond acceptors (Lipinski definition) is 4. The Hall–Kier alpha value is -1.69. The molecule has 0 bridgehead atoms. The second-order valence-corrected chi connectivity index (χ2v) is 5.41. The smallest absolute Gasteiger partial charge is 0.229 e. The zero-order valence-corrected chi connectivity index (χ0v) is 10.9. The van der Waals surface area contributed by atoms with Crippen LogP contribution < -0.4 is 5.32 Å². The highest BCUT2D eigenvalue weighted by atomic mass is 32.1. The second kappa shape index (κ2) is 4.53. The van der Waals surface area contributed by atoms with E-state index in [4.69, 9.17) is 0 Å². The number of thiazole rings is 1. The van der Waals surface area contributed by atoms with Crippen LogP contribution in [-0.2, 0) is 17.8 Å². The first-order valence-electron chi connectivity index (χ1n) is 5.94. The number of carbonyl (C=O) groups excluding carboxylic acids is 1. The Morgan fingerprint density at radius 3 is 3.28 bits per heavy atom. The van der Waals surface area contributed by atoms with E-state index >= 15 is 0 Å². The molecule has 18 heavy (non-hydrogen) atoms. The molecule has 2 aromatic rings. The highest BCUT2D eigenvalue weighted by Crippen LogP contribution is 2.22. The number of amides is 1. The Balaban J connectivity index is 1.67. The van der Waals surface area contributed by atoms with Gasteiger partial charge in [0.1, 0.15) is 0 Å². The van der Waals surface area contributed by atoms with Crippen molar-refractivity contribution < 1.29 is 4.79 Å². The van der Waals surface area contributed by atoms with E-state index in [1.165, 1.54) is 11.3 Å². The average molecular weight is 262 g/mol. The van der Waals surface area contributed by atoms with E-state index < -0.39 is 0 Å². The highest BCUT2D eigenvalue weighted by molar-refractivity contribution is 7.13. The van der Waals surface area contributed by atoms with Crippen LogP contribution in [0.4, 0.5) is 5.13 Å². The van der Waals surface area contributed by atoms with E-state index in [0.29, 0.717) is 5.13 Å². The normalized spacial score (nSPS) is 18.4. The van der Waals surface area contributed by atoms with Crippen molar-refractivity contribution in [1.29, 1.82) is 0 Å². The van der Waals surface area contributed by atoms with E-state index in [2.05, 4.69) is 19.9 Å². The summed E-state index contributed by atoms with van der Waals surface area (Å²) in [6, 6.07) is 0. The monoisotopic (exact) mass is 262 g/mol. The van der Waals surface area contributed by atoms with Crippen molar-refractivity contribution in [1.82, 2.24) is 14.5 Å². The van der Waals surface area contributed by atoms with Gasteiger partial charge in [0.25, 0.3) is 0 Å². The second-order valence-electron chi connectivity index (χ2n) is 4.55. The standard InChI is InChI=1S/C12H14N4OS/c1-8-6-18-12(14-8)15-11(17)9-2-3-16-7-13-5-10(16)4-9/h5-7,9H,2-4H2,1H3,(H,14,15,17). The lowest BCUT2D eigenvalue weighted by Crippen LogP contribution is -2.29. The quantitative estimate of drug-likeness (QED) is 0.898. The number of aromatic nitrogens is 3. The van der Waals surface area contributed by atoms with Gasteiger partial charge >= 0.3 is 0 Å². The van der Waals surface area contributed by atoms with Crippen LogP contribution in [0.1, 0.15) is 17.8 Å². The van der Waals surface area contributed by atoms with Crippen LogP contribution in [-0.4, -0.2) is 20.4 Å². The summed E-state index contributed by atoms with van der Waals surface area (Å²) in [7, 11) is 0. The van der Waals surface area contributed by atoms with Gasteiger partial charge in [-0.3, -0.25) is 4.79 Å². The van der Waals surface area contributed by atoms with E-state index in [1.807, 2.05) is 24.8 Å². The fourth-order valence-electron chi connectivity index (χ4n) is 2.21. The maximum Gasteiger partial charge on any atom is 0.229 e. The summed E-state index contributed by atoms with van der Waals surface area (Å²) in [5.41, 5.74) is 2.08. The predicted octanol–water partition coefficient (Wildman–Crippen LogP) is 1.85. The Kier molecular flexibility index (Phi) is 2.87. The van der Waals surface area contributed by atoms with Gasteiger partial charge in [0.2, 0.25) is 5.91 Å². The zero-order chi connectivity index (χ0) is 12.5. The molecule has 0 aliphatic carbocycles. The Labute approximate surface area is 109 Å². The van der Waals surface area contributed by atoms with Crippen molar-refractivity contribution in [3.05, 3.63) is 29.3 Å². The molecule has 0 radical (unpaired) electrons. The molecule has 0 spiro atoms. The van der Waals surface area contributed by atoms with Crippen molar-refractivity contribution in [2.45, 2.75) is 26.3 Å². The first-order chi connectivity index (χ1) is 8.72. The van der Waals surface area contributed by atoms with Gasteiger partial charge in [-0.25, -0.2) is 9.97 Å². The molecule has 3 rings (SSSR count). The number of aryl methyl sites for hydroxylation is 2. The summed E-state index contributed by atoms with van der Waals surface area (Å²) in [6.07, 6.45) is 5.29. The topological polar surface area (TPSA) is 59.8 Å². The molecule has 0 saturated carbocycles. The number of nitrogens with one attached hydrogen (secondary N) is 1. The predicted molar refractivity (Wildman–Crippen MR) is 69.5 cm³/mol. The summed E-state index contributed by atoms with van der Waals surface area (Å²) in [6.45, 7) is 2.79. The molecule has 0 fully saturated rings. The highest BCUT2D eigenvalue weighted by Gasteiger charge is 2.25. The summed E-state index contributed by atoms with van der Waals surface area (Å²) < 4.78 is 2.11. The SMILES string of the molecule is Cc1csc(NC(=O)C2CCn3cncc3C2)n1. The van der Waals surface area contributed by atoms with Crippen molar-refractivity contribution in [3.8, 4) is 0 Å². The molecule has 1 aliphatic heterocycles. The Morgan fingerprint density at radius 1 is 1.61 bits per heavy atom.